The van der Waals surface area contributed by atoms with Gasteiger partial charge in [-0.05, 0) is 19.4 Å². The first kappa shape index (κ1) is 10.3. The molecule has 1 atom stereocenters. The topological polar surface area (TPSA) is 15.3 Å². The maximum Gasteiger partial charge on any atom is 0.0224 e. The van der Waals surface area contributed by atoms with Crippen LogP contribution in [0.25, 0.3) is 0 Å². The van der Waals surface area contributed by atoms with Crippen LogP contribution in [0.2, 0.25) is 0 Å². The van der Waals surface area contributed by atoms with Gasteiger partial charge in [0.05, 0.1) is 0 Å². The van der Waals surface area contributed by atoms with Crippen LogP contribution in [0.5, 0.6) is 0 Å². The fraction of sp³-hybridized carbons (Fsp3) is 1.00. The van der Waals surface area contributed by atoms with Crippen LogP contribution in [0.4, 0.5) is 0 Å². The monoisotopic (exact) mass is 190 g/mol. The summed E-state index contributed by atoms with van der Waals surface area (Å²) >= 11 is 5.67. The van der Waals surface area contributed by atoms with Crippen molar-refractivity contribution >= 4 is 11.6 Å². The summed E-state index contributed by atoms with van der Waals surface area (Å²) in [6.45, 7) is 6.90. The molecule has 0 amide bonds. The summed E-state index contributed by atoms with van der Waals surface area (Å²) in [5.41, 5.74) is 0. The molecule has 1 aliphatic rings. The largest absolute Gasteiger partial charge is 0.314 e. The summed E-state index contributed by atoms with van der Waals surface area (Å²) in [6, 6.07) is 0.725. The number of nitrogens with one attached hydrogen (secondary N) is 1. The van der Waals surface area contributed by atoms with E-state index in [0.717, 1.165) is 31.4 Å². The van der Waals surface area contributed by atoms with E-state index in [2.05, 4.69) is 17.1 Å². The lowest BCUT2D eigenvalue weighted by molar-refractivity contribution is 0.161. The Morgan fingerprint density at radius 3 is 3.08 bits per heavy atom. The van der Waals surface area contributed by atoms with Gasteiger partial charge in [-0.25, -0.2) is 0 Å². The van der Waals surface area contributed by atoms with Crippen molar-refractivity contribution in [3.8, 4) is 0 Å². The molecule has 72 valence electrons. The van der Waals surface area contributed by atoms with E-state index < -0.39 is 0 Å². The van der Waals surface area contributed by atoms with Crippen LogP contribution in [0.15, 0.2) is 0 Å². The van der Waals surface area contributed by atoms with E-state index in [1.165, 1.54) is 19.5 Å². The molecule has 1 fully saturated rings. The van der Waals surface area contributed by atoms with Crippen LogP contribution < -0.4 is 5.32 Å². The van der Waals surface area contributed by atoms with Gasteiger partial charge in [0.2, 0.25) is 0 Å². The Labute approximate surface area is 80.3 Å². The number of piperazine rings is 1. The van der Waals surface area contributed by atoms with E-state index >= 15 is 0 Å². The second-order valence-electron chi connectivity index (χ2n) is 3.32. The van der Waals surface area contributed by atoms with Gasteiger partial charge >= 0.3 is 0 Å². The molecule has 0 saturated carbocycles. The number of likely N-dealkylation sites (N-methyl/N-ethyl adjacent to an activating group) is 1. The standard InChI is InChI=1S/C9H19ClN2/c1-2-12-7-6-11-8-9(12)4-3-5-10/h9,11H,2-8H2,1H3. The average Bonchev–Trinajstić information content (AvgIpc) is 2.15. The highest BCUT2D eigenvalue weighted by atomic mass is 35.5. The third-order valence-electron chi connectivity index (χ3n) is 2.55. The Kier molecular flexibility index (Phi) is 4.96. The minimum Gasteiger partial charge on any atom is -0.314 e. The average molecular weight is 191 g/mol. The molecule has 1 N–H and O–H groups in total. The van der Waals surface area contributed by atoms with Gasteiger partial charge in [-0.15, -0.1) is 11.6 Å². The molecule has 1 heterocycles. The Balaban J connectivity index is 2.26. The minimum absolute atomic E-state index is 0.725. The lowest BCUT2D eigenvalue weighted by Crippen LogP contribution is -2.50. The molecule has 3 heteroatoms. The molecule has 1 unspecified atom stereocenters. The maximum atomic E-state index is 5.67. The lowest BCUT2D eigenvalue weighted by Gasteiger charge is -2.35. The van der Waals surface area contributed by atoms with Gasteiger partial charge in [0.15, 0.2) is 0 Å². The third-order valence-corrected chi connectivity index (χ3v) is 2.82. The van der Waals surface area contributed by atoms with E-state index in [1.54, 1.807) is 0 Å². The van der Waals surface area contributed by atoms with Gasteiger partial charge < -0.3 is 5.32 Å². The molecule has 0 spiro atoms. The van der Waals surface area contributed by atoms with Crippen LogP contribution in [0.3, 0.4) is 0 Å². The first-order valence-corrected chi connectivity index (χ1v) is 5.42. The van der Waals surface area contributed by atoms with E-state index in [1.807, 2.05) is 0 Å². The highest BCUT2D eigenvalue weighted by Crippen LogP contribution is 2.09. The predicted molar refractivity (Wildman–Crippen MR) is 53.9 cm³/mol. The second-order valence-corrected chi connectivity index (χ2v) is 3.70. The molecule has 0 bridgehead atoms. The smallest absolute Gasteiger partial charge is 0.0224 e. The molecular formula is C9H19ClN2. The molecule has 1 rings (SSSR count). The normalized spacial score (nSPS) is 26.0. The molecule has 0 aliphatic carbocycles. The quantitative estimate of drug-likeness (QED) is 0.673. The molecule has 1 aliphatic heterocycles. The van der Waals surface area contributed by atoms with E-state index in [0.29, 0.717) is 0 Å². The Morgan fingerprint density at radius 2 is 2.42 bits per heavy atom. The van der Waals surface area contributed by atoms with Crippen LogP contribution >= 0.6 is 11.6 Å². The number of hydrogen-bond acceptors (Lipinski definition) is 2. The fourth-order valence-corrected chi connectivity index (χ4v) is 1.97. The van der Waals surface area contributed by atoms with Crippen LogP contribution in [-0.4, -0.2) is 43.0 Å². The summed E-state index contributed by atoms with van der Waals surface area (Å²) in [7, 11) is 0. The Bertz CT molecular complexity index is 119. The summed E-state index contributed by atoms with van der Waals surface area (Å²) in [5, 5.41) is 3.42. The maximum absolute atomic E-state index is 5.67. The van der Waals surface area contributed by atoms with Gasteiger partial charge in [-0.1, -0.05) is 6.92 Å². The first-order valence-electron chi connectivity index (χ1n) is 4.89. The van der Waals surface area contributed by atoms with Gasteiger partial charge in [0.25, 0.3) is 0 Å². The fourth-order valence-electron chi connectivity index (χ4n) is 1.82. The lowest BCUT2D eigenvalue weighted by atomic mass is 10.1. The minimum atomic E-state index is 0.725. The first-order chi connectivity index (χ1) is 5.88. The van der Waals surface area contributed by atoms with Gasteiger partial charge in [-0.3, -0.25) is 4.90 Å². The molecule has 1 saturated heterocycles. The van der Waals surface area contributed by atoms with Crippen molar-refractivity contribution in [1.82, 2.24) is 10.2 Å². The molecule has 0 radical (unpaired) electrons. The molecule has 2 nitrogen and oxygen atoms in total. The highest BCUT2D eigenvalue weighted by Gasteiger charge is 2.19. The predicted octanol–water partition coefficient (Wildman–Crippen LogP) is 1.30. The van der Waals surface area contributed by atoms with Crippen molar-refractivity contribution in [3.05, 3.63) is 0 Å². The van der Waals surface area contributed by atoms with Gasteiger partial charge in [-0.2, -0.15) is 0 Å². The number of alkyl halides is 1. The second kappa shape index (κ2) is 5.79. The van der Waals surface area contributed by atoms with E-state index in [9.17, 15) is 0 Å². The van der Waals surface area contributed by atoms with Crippen molar-refractivity contribution < 1.29 is 0 Å². The van der Waals surface area contributed by atoms with E-state index in [4.69, 9.17) is 11.6 Å². The van der Waals surface area contributed by atoms with Crippen molar-refractivity contribution in [2.45, 2.75) is 25.8 Å². The highest BCUT2D eigenvalue weighted by molar-refractivity contribution is 6.17. The number of halogens is 1. The number of rotatable bonds is 4. The summed E-state index contributed by atoms with van der Waals surface area (Å²) in [5.74, 6) is 0.800. The molecule has 0 aromatic rings. The Morgan fingerprint density at radius 1 is 1.58 bits per heavy atom. The summed E-state index contributed by atoms with van der Waals surface area (Å²) < 4.78 is 0. The number of nitrogens with zero attached hydrogens (tertiary/aromatic N) is 1. The van der Waals surface area contributed by atoms with Crippen molar-refractivity contribution in [1.29, 1.82) is 0 Å². The van der Waals surface area contributed by atoms with Gasteiger partial charge in [0.1, 0.15) is 0 Å². The zero-order valence-electron chi connectivity index (χ0n) is 7.85. The zero-order valence-corrected chi connectivity index (χ0v) is 8.61. The molecule has 0 aromatic carbocycles. The van der Waals surface area contributed by atoms with Crippen molar-refractivity contribution in [2.24, 2.45) is 0 Å². The number of hydrogen-bond donors (Lipinski definition) is 1. The molecule has 0 aromatic heterocycles. The SMILES string of the molecule is CCN1CCNCC1CCCCl. The Hall–Kier alpha value is 0.210. The van der Waals surface area contributed by atoms with Crippen LogP contribution in [0, 0.1) is 0 Å². The van der Waals surface area contributed by atoms with Crippen molar-refractivity contribution in [3.63, 3.8) is 0 Å². The molecular weight excluding hydrogens is 172 g/mol. The van der Waals surface area contributed by atoms with E-state index in [-0.39, 0.29) is 0 Å². The van der Waals surface area contributed by atoms with Crippen LogP contribution in [0.1, 0.15) is 19.8 Å². The molecule has 12 heavy (non-hydrogen) atoms. The third kappa shape index (κ3) is 2.92. The summed E-state index contributed by atoms with van der Waals surface area (Å²) in [4.78, 5) is 2.54. The van der Waals surface area contributed by atoms with Crippen molar-refractivity contribution in [2.75, 3.05) is 32.1 Å². The summed E-state index contributed by atoms with van der Waals surface area (Å²) in [6.07, 6.45) is 2.38. The van der Waals surface area contributed by atoms with Crippen LogP contribution in [-0.2, 0) is 0 Å². The zero-order chi connectivity index (χ0) is 8.81. The van der Waals surface area contributed by atoms with Gasteiger partial charge in [0, 0.05) is 31.6 Å².